The predicted octanol–water partition coefficient (Wildman–Crippen LogP) is 5.06. The molecule has 1 N–H and O–H groups in total. The van der Waals surface area contributed by atoms with Gasteiger partial charge in [0.15, 0.2) is 4.90 Å². The molecule has 0 spiro atoms. The van der Waals surface area contributed by atoms with E-state index in [-0.39, 0.29) is 19.0 Å². The second-order valence-electron chi connectivity index (χ2n) is 10.1. The summed E-state index contributed by atoms with van der Waals surface area (Å²) in [6.45, 7) is 5.61. The van der Waals surface area contributed by atoms with Crippen LogP contribution in [0.15, 0.2) is 67.9 Å². The maximum Gasteiger partial charge on any atom is 0.408 e. The fraction of sp³-hybridized carbons (Fsp3) is 0.320. The number of nitrogens with zero attached hydrogens (tertiary/aromatic N) is 4. The quantitative estimate of drug-likeness (QED) is 0.248. The molecule has 2 aromatic carbocycles. The van der Waals surface area contributed by atoms with Crippen molar-refractivity contribution in [3.05, 3.63) is 75.4 Å². The number of hydrogen-bond acceptors (Lipinski definition) is 7. The molecule has 2 amide bonds. The molecule has 0 saturated carbocycles. The van der Waals surface area contributed by atoms with Crippen LogP contribution >= 0.6 is 21.8 Å². The number of carbonyl (C=O) groups is 2. The number of nitrogens with one attached hydrogen (secondary N) is 1. The van der Waals surface area contributed by atoms with Crippen LogP contribution in [0.4, 0.5) is 4.79 Å². The standard InChI is InChI=1S/C25H26ClN5O5S2/c1-25(2,3)36-24(33)27-22(17-7-5-6-8-18(17)26)23(32)30-12-15-13-31(28-19(15)14-30)37(35)16-9-10-20-21(11-16)38(20,4)29-34/h5-11,13,22H,12,14H2,1-4H3,(H,27,33). The molecule has 0 bridgehead atoms. The number of benzene rings is 2. The highest BCUT2D eigenvalue weighted by molar-refractivity contribution is 8.36. The fourth-order valence-electron chi connectivity index (χ4n) is 4.31. The normalized spacial score (nSPS) is 20.9. The lowest BCUT2D eigenvalue weighted by atomic mass is 10.1. The van der Waals surface area contributed by atoms with Gasteiger partial charge in [0.2, 0.25) is 0 Å². The molecule has 2 aliphatic heterocycles. The molecule has 0 radical (unpaired) electrons. The van der Waals surface area contributed by atoms with Crippen molar-refractivity contribution in [3.8, 4) is 0 Å². The Bertz CT molecular complexity index is 1430. The lowest BCUT2D eigenvalue weighted by molar-refractivity contribution is -0.134. The van der Waals surface area contributed by atoms with Gasteiger partial charge in [-0.15, -0.1) is 10.0 Å². The number of amides is 2. The van der Waals surface area contributed by atoms with E-state index in [4.69, 9.17) is 16.3 Å². The van der Waals surface area contributed by atoms with E-state index in [1.807, 2.05) is 0 Å². The number of aromatic nitrogens is 2. The summed E-state index contributed by atoms with van der Waals surface area (Å²) in [5.74, 6) is -0.371. The van der Waals surface area contributed by atoms with Crippen molar-refractivity contribution in [1.82, 2.24) is 19.4 Å². The number of alkyl carbamates (subject to hydrolysis) is 1. The maximum atomic E-state index is 13.6. The molecule has 5 rings (SSSR count). The van der Waals surface area contributed by atoms with E-state index < -0.39 is 39.3 Å². The third kappa shape index (κ3) is 4.89. The molecule has 3 heterocycles. The van der Waals surface area contributed by atoms with Gasteiger partial charge in [0.05, 0.1) is 18.4 Å². The van der Waals surface area contributed by atoms with Gasteiger partial charge < -0.3 is 19.5 Å². The highest BCUT2D eigenvalue weighted by Gasteiger charge is 2.45. The SMILES string of the molecule is CC(C)(C)OC(=O)NC(C(=O)N1Cc2cn([S+]([O-])c3ccc4c(c3)S4(C)N=O)nc2C1)c1ccccc1Cl. The van der Waals surface area contributed by atoms with E-state index in [1.165, 1.54) is 4.09 Å². The number of nitroso groups, excluding NO2 is 1. The van der Waals surface area contributed by atoms with Gasteiger partial charge in [-0.1, -0.05) is 44.1 Å². The van der Waals surface area contributed by atoms with Gasteiger partial charge in [-0.3, -0.25) is 4.79 Å². The van der Waals surface area contributed by atoms with E-state index in [1.54, 1.807) is 80.6 Å². The van der Waals surface area contributed by atoms with Crippen molar-refractivity contribution in [3.63, 3.8) is 0 Å². The van der Waals surface area contributed by atoms with E-state index in [9.17, 15) is 19.0 Å². The smallest absolute Gasteiger partial charge is 0.408 e. The second kappa shape index (κ2) is 9.60. The van der Waals surface area contributed by atoms with Gasteiger partial charge in [0, 0.05) is 38.6 Å². The number of fused-ring (bicyclic) bond motifs is 2. The zero-order valence-electron chi connectivity index (χ0n) is 21.1. The van der Waals surface area contributed by atoms with Crippen molar-refractivity contribution < 1.29 is 18.9 Å². The summed E-state index contributed by atoms with van der Waals surface area (Å²) in [4.78, 5) is 41.2. The van der Waals surface area contributed by atoms with E-state index >= 15 is 0 Å². The molecule has 0 saturated heterocycles. The van der Waals surface area contributed by atoms with Gasteiger partial charge in [0.25, 0.3) is 5.91 Å². The zero-order chi connectivity index (χ0) is 27.4. The van der Waals surface area contributed by atoms with Crippen LogP contribution < -0.4 is 5.32 Å². The first-order chi connectivity index (χ1) is 17.9. The third-order valence-corrected chi connectivity index (χ3v) is 10.3. The summed E-state index contributed by atoms with van der Waals surface area (Å²) < 4.78 is 23.1. The average Bonchev–Trinajstić information content (AvgIpc) is 3.12. The van der Waals surface area contributed by atoms with Crippen LogP contribution in [-0.2, 0) is 34.0 Å². The third-order valence-electron chi connectivity index (χ3n) is 6.24. The molecule has 3 aromatic rings. The monoisotopic (exact) mass is 575 g/mol. The first-order valence-corrected chi connectivity index (χ1v) is 15.2. The molecular weight excluding hydrogens is 550 g/mol. The van der Waals surface area contributed by atoms with Crippen molar-refractivity contribution >= 4 is 45.2 Å². The van der Waals surface area contributed by atoms with Crippen molar-refractivity contribution in [2.24, 2.45) is 4.58 Å². The molecule has 3 atom stereocenters. The Morgan fingerprint density at radius 1 is 1.21 bits per heavy atom. The minimum atomic E-state index is -1.76. The van der Waals surface area contributed by atoms with E-state index in [2.05, 4.69) is 15.0 Å². The van der Waals surface area contributed by atoms with Gasteiger partial charge in [-0.2, -0.15) is 0 Å². The largest absolute Gasteiger partial charge is 0.586 e. The fourth-order valence-corrected chi connectivity index (χ4v) is 7.63. The van der Waals surface area contributed by atoms with Crippen LogP contribution in [0.1, 0.15) is 43.6 Å². The highest BCUT2D eigenvalue weighted by Crippen LogP contribution is 2.78. The Morgan fingerprint density at radius 2 is 1.95 bits per heavy atom. The number of hydrogen-bond donors (Lipinski definition) is 1. The lowest BCUT2D eigenvalue weighted by Crippen LogP contribution is -2.43. The Labute approximate surface area is 229 Å². The molecule has 2 aliphatic rings. The number of halogens is 1. The highest BCUT2D eigenvalue weighted by atomic mass is 35.5. The Morgan fingerprint density at radius 3 is 2.61 bits per heavy atom. The summed E-state index contributed by atoms with van der Waals surface area (Å²) >= 11 is 4.76. The molecule has 38 heavy (non-hydrogen) atoms. The van der Waals surface area contributed by atoms with Crippen LogP contribution in [0, 0.1) is 4.91 Å². The van der Waals surface area contributed by atoms with Crippen LogP contribution in [0.5, 0.6) is 0 Å². The summed E-state index contributed by atoms with van der Waals surface area (Å²) in [6.07, 6.45) is 2.72. The van der Waals surface area contributed by atoms with E-state index in [0.29, 0.717) is 21.2 Å². The molecule has 0 aliphatic carbocycles. The van der Waals surface area contributed by atoms with Crippen LogP contribution in [0.25, 0.3) is 0 Å². The van der Waals surface area contributed by atoms with Crippen molar-refractivity contribution in [1.29, 1.82) is 0 Å². The number of rotatable bonds is 6. The number of ether oxygens (including phenoxy) is 1. The first-order valence-electron chi connectivity index (χ1n) is 11.7. The van der Waals surface area contributed by atoms with Crippen LogP contribution in [-0.4, -0.2) is 42.5 Å². The van der Waals surface area contributed by atoms with Crippen LogP contribution in [0.3, 0.4) is 0 Å². The second-order valence-corrected chi connectivity index (χ2v) is 14.6. The molecule has 10 nitrogen and oxygen atoms in total. The molecular formula is C25H26ClN5O5S2. The van der Waals surface area contributed by atoms with Gasteiger partial charge >= 0.3 is 6.09 Å². The van der Waals surface area contributed by atoms with Crippen LogP contribution in [0.2, 0.25) is 5.02 Å². The minimum absolute atomic E-state index is 0.177. The topological polar surface area (TPSA) is 129 Å². The Hall–Kier alpha value is -3.06. The first kappa shape index (κ1) is 26.5. The number of carbonyl (C=O) groups excluding carboxylic acids is 2. The van der Waals surface area contributed by atoms with E-state index in [0.717, 1.165) is 15.4 Å². The van der Waals surface area contributed by atoms with Crippen molar-refractivity contribution in [2.45, 2.75) is 60.2 Å². The molecule has 1 aromatic heterocycles. The van der Waals surface area contributed by atoms with Gasteiger partial charge in [-0.25, -0.2) is 4.79 Å². The summed E-state index contributed by atoms with van der Waals surface area (Å²) in [6, 6.07) is 11.0. The lowest BCUT2D eigenvalue weighted by Gasteiger charge is -2.27. The molecule has 13 heteroatoms. The van der Waals surface area contributed by atoms with Gasteiger partial charge in [-0.05, 0) is 49.8 Å². The molecule has 200 valence electrons. The molecule has 3 unspecified atom stereocenters. The zero-order valence-corrected chi connectivity index (χ0v) is 23.5. The van der Waals surface area contributed by atoms with Crippen molar-refractivity contribution in [2.75, 3.05) is 6.26 Å². The molecule has 0 fully saturated rings. The average molecular weight is 576 g/mol. The minimum Gasteiger partial charge on any atom is -0.586 e. The summed E-state index contributed by atoms with van der Waals surface area (Å²) in [7, 11) is -1.76. The summed E-state index contributed by atoms with van der Waals surface area (Å²) in [5.41, 5.74) is 1.06. The van der Waals surface area contributed by atoms with Gasteiger partial charge in [0.1, 0.15) is 23.0 Å². The summed E-state index contributed by atoms with van der Waals surface area (Å²) in [5, 5.41) is 7.47. The Kier molecular flexibility index (Phi) is 6.70. The Balaban J connectivity index is 1.32. The maximum absolute atomic E-state index is 13.6. The predicted molar refractivity (Wildman–Crippen MR) is 144 cm³/mol.